The molecule has 0 spiro atoms. The number of carbonyl (C=O) groups excluding carboxylic acids is 1. The lowest BCUT2D eigenvalue weighted by atomic mass is 10.1. The van der Waals surface area contributed by atoms with Crippen molar-refractivity contribution in [2.75, 3.05) is 11.3 Å². The average Bonchev–Trinajstić information content (AvgIpc) is 2.59. The first kappa shape index (κ1) is 19.8. The van der Waals surface area contributed by atoms with Crippen molar-refractivity contribution >= 4 is 21.6 Å². The summed E-state index contributed by atoms with van der Waals surface area (Å²) in [4.78, 5) is 11.6. The van der Waals surface area contributed by atoms with Crippen LogP contribution in [0.3, 0.4) is 0 Å². The topological polar surface area (TPSA) is 75.3 Å². The summed E-state index contributed by atoms with van der Waals surface area (Å²) in [7, 11) is -4.30. The van der Waals surface area contributed by atoms with Gasteiger partial charge in [-0.3, -0.25) is 9.52 Å². The van der Waals surface area contributed by atoms with Crippen molar-refractivity contribution in [2.24, 2.45) is 0 Å². The molecule has 9 heteroatoms. The molecule has 26 heavy (non-hydrogen) atoms. The lowest BCUT2D eigenvalue weighted by molar-refractivity contribution is -0.137. The number of nitrogens with one attached hydrogen (secondary N) is 2. The summed E-state index contributed by atoms with van der Waals surface area (Å²) in [5.74, 6) is -0.478. The van der Waals surface area contributed by atoms with Crippen LogP contribution < -0.4 is 10.0 Å². The Kier molecular flexibility index (Phi) is 5.91. The molecule has 0 bridgehead atoms. The van der Waals surface area contributed by atoms with Gasteiger partial charge in [0.2, 0.25) is 0 Å². The average molecular weight is 386 g/mol. The Morgan fingerprint density at radius 2 is 1.77 bits per heavy atom. The Morgan fingerprint density at radius 1 is 1.08 bits per heavy atom. The predicted octanol–water partition coefficient (Wildman–Crippen LogP) is 3.65. The second kappa shape index (κ2) is 7.77. The Bertz CT molecular complexity index is 896. The highest BCUT2D eigenvalue weighted by Gasteiger charge is 2.31. The summed E-state index contributed by atoms with van der Waals surface area (Å²) in [6.45, 7) is 2.27. The maximum atomic E-state index is 12.8. The number of rotatable bonds is 6. The molecule has 0 fully saturated rings. The molecule has 2 aromatic carbocycles. The summed E-state index contributed by atoms with van der Waals surface area (Å²) in [6.07, 6.45) is -3.96. The first-order valence-corrected chi connectivity index (χ1v) is 9.21. The number of benzene rings is 2. The van der Waals surface area contributed by atoms with E-state index in [2.05, 4.69) is 10.0 Å². The van der Waals surface area contributed by atoms with Crippen LogP contribution >= 0.6 is 0 Å². The van der Waals surface area contributed by atoms with E-state index in [0.29, 0.717) is 19.0 Å². The van der Waals surface area contributed by atoms with Gasteiger partial charge in [-0.1, -0.05) is 25.1 Å². The number of hydrogen-bond donors (Lipinski definition) is 2. The quantitative estimate of drug-likeness (QED) is 0.796. The van der Waals surface area contributed by atoms with Crippen LogP contribution in [0.15, 0.2) is 53.4 Å². The summed E-state index contributed by atoms with van der Waals surface area (Å²) in [6, 6.07) is 9.26. The van der Waals surface area contributed by atoms with Crippen molar-refractivity contribution in [1.29, 1.82) is 0 Å². The molecule has 2 aromatic rings. The third-order valence-electron chi connectivity index (χ3n) is 3.42. The van der Waals surface area contributed by atoms with Crippen LogP contribution in [0.1, 0.15) is 29.3 Å². The minimum atomic E-state index is -4.66. The van der Waals surface area contributed by atoms with E-state index in [1.807, 2.05) is 6.92 Å². The van der Waals surface area contributed by atoms with E-state index in [9.17, 15) is 26.4 Å². The van der Waals surface area contributed by atoms with Gasteiger partial charge in [-0.05, 0) is 36.8 Å². The van der Waals surface area contributed by atoms with E-state index in [0.717, 1.165) is 18.2 Å². The van der Waals surface area contributed by atoms with Crippen molar-refractivity contribution in [3.05, 3.63) is 59.7 Å². The van der Waals surface area contributed by atoms with E-state index in [1.54, 1.807) is 6.07 Å². The Hall–Kier alpha value is -2.55. The predicted molar refractivity (Wildman–Crippen MR) is 91.3 cm³/mol. The van der Waals surface area contributed by atoms with Gasteiger partial charge in [0.15, 0.2) is 0 Å². The molecule has 0 aliphatic rings. The van der Waals surface area contributed by atoms with Gasteiger partial charge in [-0.25, -0.2) is 8.42 Å². The molecule has 0 saturated carbocycles. The molecule has 140 valence electrons. The number of hydrogen-bond acceptors (Lipinski definition) is 3. The van der Waals surface area contributed by atoms with Gasteiger partial charge in [-0.15, -0.1) is 0 Å². The van der Waals surface area contributed by atoms with Gasteiger partial charge in [0.1, 0.15) is 0 Å². The smallest absolute Gasteiger partial charge is 0.352 e. The Labute approximate surface area is 149 Å². The fourth-order valence-electron chi connectivity index (χ4n) is 2.15. The molecular formula is C17H17F3N2O3S. The zero-order chi connectivity index (χ0) is 19.4. The van der Waals surface area contributed by atoms with Crippen LogP contribution in [-0.4, -0.2) is 20.9 Å². The lowest BCUT2D eigenvalue weighted by Crippen LogP contribution is -2.26. The molecule has 0 unspecified atom stereocenters. The summed E-state index contributed by atoms with van der Waals surface area (Å²) in [5, 5.41) is 2.62. The minimum Gasteiger partial charge on any atom is -0.352 e. The molecule has 0 atom stereocenters. The largest absolute Gasteiger partial charge is 0.416 e. The molecule has 5 nitrogen and oxygen atoms in total. The maximum absolute atomic E-state index is 12.8. The highest BCUT2D eigenvalue weighted by atomic mass is 32.2. The highest BCUT2D eigenvalue weighted by Crippen LogP contribution is 2.31. The number of amides is 1. The molecule has 0 aliphatic carbocycles. The van der Waals surface area contributed by atoms with Crippen molar-refractivity contribution in [3.63, 3.8) is 0 Å². The number of alkyl halides is 3. The first-order chi connectivity index (χ1) is 12.1. The number of anilines is 1. The van der Waals surface area contributed by atoms with Gasteiger partial charge in [0, 0.05) is 6.54 Å². The number of para-hydroxylation sites is 1. The zero-order valence-electron chi connectivity index (χ0n) is 13.8. The van der Waals surface area contributed by atoms with Gasteiger partial charge < -0.3 is 5.32 Å². The zero-order valence-corrected chi connectivity index (χ0v) is 14.6. The van der Waals surface area contributed by atoms with Gasteiger partial charge in [0.05, 0.1) is 21.7 Å². The number of sulfonamides is 1. The van der Waals surface area contributed by atoms with Crippen LogP contribution in [-0.2, 0) is 16.2 Å². The Balaban J connectivity index is 2.35. The van der Waals surface area contributed by atoms with Crippen molar-refractivity contribution in [2.45, 2.75) is 24.4 Å². The van der Waals surface area contributed by atoms with Crippen LogP contribution in [0.4, 0.5) is 18.9 Å². The Morgan fingerprint density at radius 3 is 2.42 bits per heavy atom. The normalized spacial score (nSPS) is 11.8. The van der Waals surface area contributed by atoms with Crippen molar-refractivity contribution < 1.29 is 26.4 Å². The molecule has 2 N–H and O–H groups in total. The fourth-order valence-corrected chi connectivity index (χ4v) is 3.27. The molecule has 0 saturated heterocycles. The summed E-state index contributed by atoms with van der Waals surface area (Å²) in [5.41, 5.74) is -1.01. The van der Waals surface area contributed by atoms with Gasteiger partial charge >= 0.3 is 6.18 Å². The molecule has 0 aliphatic heterocycles. The SMILES string of the molecule is CCCNC(=O)c1ccccc1NS(=O)(=O)c1cccc(C(F)(F)F)c1. The highest BCUT2D eigenvalue weighted by molar-refractivity contribution is 7.92. The van der Waals surface area contributed by atoms with E-state index in [1.165, 1.54) is 18.2 Å². The standard InChI is InChI=1S/C17H17F3N2O3S/c1-2-10-21-16(23)14-8-3-4-9-15(14)22-26(24,25)13-7-5-6-12(11-13)17(18,19)20/h3-9,11,22H,2,10H2,1H3,(H,21,23). The first-order valence-electron chi connectivity index (χ1n) is 7.72. The fraction of sp³-hybridized carbons (Fsp3) is 0.235. The van der Waals surface area contributed by atoms with Crippen LogP contribution in [0.25, 0.3) is 0 Å². The molecule has 1 amide bonds. The minimum absolute atomic E-state index is 0.0153. The van der Waals surface area contributed by atoms with Crippen LogP contribution in [0.5, 0.6) is 0 Å². The number of halogens is 3. The monoisotopic (exact) mass is 386 g/mol. The number of carbonyl (C=O) groups is 1. The molecule has 0 aromatic heterocycles. The third kappa shape index (κ3) is 4.75. The van der Waals surface area contributed by atoms with Crippen molar-refractivity contribution in [3.8, 4) is 0 Å². The van der Waals surface area contributed by atoms with Crippen LogP contribution in [0.2, 0.25) is 0 Å². The lowest BCUT2D eigenvalue weighted by Gasteiger charge is -2.14. The molecule has 0 heterocycles. The van der Waals surface area contributed by atoms with E-state index in [4.69, 9.17) is 0 Å². The second-order valence-electron chi connectivity index (χ2n) is 5.43. The van der Waals surface area contributed by atoms with E-state index < -0.39 is 32.6 Å². The molecule has 2 rings (SSSR count). The maximum Gasteiger partial charge on any atom is 0.416 e. The van der Waals surface area contributed by atoms with Gasteiger partial charge in [0.25, 0.3) is 15.9 Å². The summed E-state index contributed by atoms with van der Waals surface area (Å²) >= 11 is 0. The second-order valence-corrected chi connectivity index (χ2v) is 7.11. The van der Waals surface area contributed by atoms with Gasteiger partial charge in [-0.2, -0.15) is 13.2 Å². The third-order valence-corrected chi connectivity index (χ3v) is 4.79. The van der Waals surface area contributed by atoms with Crippen molar-refractivity contribution in [1.82, 2.24) is 5.32 Å². The summed E-state index contributed by atoms with van der Waals surface area (Å²) < 4.78 is 65.5. The van der Waals surface area contributed by atoms with Crippen LogP contribution in [0, 0.1) is 0 Å². The molecule has 0 radical (unpaired) electrons. The van der Waals surface area contributed by atoms with E-state index >= 15 is 0 Å². The molecular weight excluding hydrogens is 369 g/mol. The van der Waals surface area contributed by atoms with E-state index in [-0.39, 0.29) is 11.3 Å².